The number of amides is 1. The molecule has 2 aromatic rings. The van der Waals surface area contributed by atoms with Crippen LogP contribution in [0.25, 0.3) is 0 Å². The molecule has 0 aliphatic carbocycles. The van der Waals surface area contributed by atoms with Crippen molar-refractivity contribution in [2.75, 3.05) is 5.32 Å². The Balaban J connectivity index is 1.89. The summed E-state index contributed by atoms with van der Waals surface area (Å²) in [5.41, 5.74) is 6.96. The Morgan fingerprint density at radius 2 is 1.71 bits per heavy atom. The molecule has 0 saturated carbocycles. The number of carboxylic acid groups (broad SMARTS) is 1. The van der Waals surface area contributed by atoms with Crippen molar-refractivity contribution in [2.45, 2.75) is 19.4 Å². The van der Waals surface area contributed by atoms with E-state index in [2.05, 4.69) is 5.32 Å². The van der Waals surface area contributed by atoms with Gasteiger partial charge in [0.25, 0.3) is 0 Å². The lowest BCUT2D eigenvalue weighted by Crippen LogP contribution is -2.13. The number of anilines is 1. The third-order valence-corrected chi connectivity index (χ3v) is 3.93. The van der Waals surface area contributed by atoms with E-state index in [-0.39, 0.29) is 18.7 Å². The lowest BCUT2D eigenvalue weighted by molar-refractivity contribution is -0.136. The van der Waals surface area contributed by atoms with Crippen molar-refractivity contribution in [3.63, 3.8) is 0 Å². The average molecular weight is 304 g/mol. The highest BCUT2D eigenvalue weighted by molar-refractivity contribution is 7.12. The van der Waals surface area contributed by atoms with E-state index in [0.29, 0.717) is 6.54 Å². The number of carboxylic acids is 1. The SMILES string of the molecule is NC(=O)Cc1ccc(NCc2ccc(CC(=O)O)s2)cc1. The van der Waals surface area contributed by atoms with Gasteiger partial charge in [0.15, 0.2) is 0 Å². The van der Waals surface area contributed by atoms with Gasteiger partial charge in [-0.05, 0) is 29.8 Å². The van der Waals surface area contributed by atoms with Gasteiger partial charge >= 0.3 is 5.97 Å². The molecule has 0 radical (unpaired) electrons. The zero-order chi connectivity index (χ0) is 15.2. The van der Waals surface area contributed by atoms with Gasteiger partial charge in [0.1, 0.15) is 0 Å². The monoisotopic (exact) mass is 304 g/mol. The molecule has 0 aliphatic rings. The molecular formula is C15H16N2O3S. The van der Waals surface area contributed by atoms with Crippen LogP contribution < -0.4 is 11.1 Å². The Labute approximate surface area is 126 Å². The number of primary amides is 1. The summed E-state index contributed by atoms with van der Waals surface area (Å²) in [5.74, 6) is -1.17. The molecular weight excluding hydrogens is 288 g/mol. The lowest BCUT2D eigenvalue weighted by Gasteiger charge is -2.05. The molecule has 1 aromatic carbocycles. The van der Waals surface area contributed by atoms with Crippen molar-refractivity contribution < 1.29 is 14.7 Å². The molecule has 0 aliphatic heterocycles. The summed E-state index contributed by atoms with van der Waals surface area (Å²) in [5, 5.41) is 12.0. The van der Waals surface area contributed by atoms with E-state index >= 15 is 0 Å². The molecule has 4 N–H and O–H groups in total. The van der Waals surface area contributed by atoms with E-state index in [9.17, 15) is 9.59 Å². The number of aliphatic carboxylic acids is 1. The maximum Gasteiger partial charge on any atom is 0.308 e. The molecule has 1 aromatic heterocycles. The summed E-state index contributed by atoms with van der Waals surface area (Å²) in [6.07, 6.45) is 0.302. The fraction of sp³-hybridized carbons (Fsp3) is 0.200. The van der Waals surface area contributed by atoms with Gasteiger partial charge in [0.2, 0.25) is 5.91 Å². The first-order chi connectivity index (χ1) is 10.0. The largest absolute Gasteiger partial charge is 0.481 e. The van der Waals surface area contributed by atoms with Crippen LogP contribution >= 0.6 is 11.3 Å². The standard InChI is InChI=1S/C15H16N2O3S/c16-14(18)7-10-1-3-11(4-2-10)17-9-13-6-5-12(21-13)8-15(19)20/h1-6,17H,7-9H2,(H2,16,18)(H,19,20). The average Bonchev–Trinajstić information content (AvgIpc) is 2.84. The predicted molar refractivity (Wildman–Crippen MR) is 82.3 cm³/mol. The highest BCUT2D eigenvalue weighted by atomic mass is 32.1. The van der Waals surface area contributed by atoms with Crippen LogP contribution in [0.4, 0.5) is 5.69 Å². The molecule has 6 heteroatoms. The van der Waals surface area contributed by atoms with Crippen LogP contribution in [0.15, 0.2) is 36.4 Å². The Bertz CT molecular complexity index is 635. The maximum atomic E-state index is 10.8. The molecule has 0 fully saturated rings. The summed E-state index contributed by atoms with van der Waals surface area (Å²) >= 11 is 1.49. The smallest absolute Gasteiger partial charge is 0.308 e. The van der Waals surface area contributed by atoms with Crippen molar-refractivity contribution in [3.05, 3.63) is 51.7 Å². The molecule has 0 saturated heterocycles. The number of hydrogen-bond acceptors (Lipinski definition) is 4. The van der Waals surface area contributed by atoms with E-state index < -0.39 is 5.97 Å². The second-order valence-electron chi connectivity index (χ2n) is 4.63. The summed E-state index contributed by atoms with van der Waals surface area (Å²) in [7, 11) is 0. The molecule has 1 heterocycles. The highest BCUT2D eigenvalue weighted by Crippen LogP contribution is 2.19. The number of benzene rings is 1. The Morgan fingerprint density at radius 1 is 1.05 bits per heavy atom. The molecule has 0 spiro atoms. The maximum absolute atomic E-state index is 10.8. The van der Waals surface area contributed by atoms with Crippen LogP contribution in [0.5, 0.6) is 0 Å². The topological polar surface area (TPSA) is 92.4 Å². The normalized spacial score (nSPS) is 10.3. The Morgan fingerprint density at radius 3 is 2.33 bits per heavy atom. The van der Waals surface area contributed by atoms with Crippen molar-refractivity contribution in [1.29, 1.82) is 0 Å². The van der Waals surface area contributed by atoms with Crippen LogP contribution in [0, 0.1) is 0 Å². The zero-order valence-electron chi connectivity index (χ0n) is 11.3. The molecule has 21 heavy (non-hydrogen) atoms. The second-order valence-corrected chi connectivity index (χ2v) is 5.88. The lowest BCUT2D eigenvalue weighted by atomic mass is 10.1. The van der Waals surface area contributed by atoms with E-state index in [1.165, 1.54) is 11.3 Å². The second kappa shape index (κ2) is 6.90. The summed E-state index contributed by atoms with van der Waals surface area (Å²) in [4.78, 5) is 23.4. The number of carbonyl (C=O) groups is 2. The van der Waals surface area contributed by atoms with Crippen molar-refractivity contribution in [3.8, 4) is 0 Å². The number of hydrogen-bond donors (Lipinski definition) is 3. The third-order valence-electron chi connectivity index (χ3n) is 2.84. The van der Waals surface area contributed by atoms with E-state index in [1.54, 1.807) is 0 Å². The molecule has 0 unspecified atom stereocenters. The minimum atomic E-state index is -0.818. The van der Waals surface area contributed by atoms with E-state index in [0.717, 1.165) is 21.0 Å². The Kier molecular flexibility index (Phi) is 4.94. The number of carbonyl (C=O) groups excluding carboxylic acids is 1. The number of thiophene rings is 1. The summed E-state index contributed by atoms with van der Waals surface area (Å²) in [6, 6.07) is 11.3. The highest BCUT2D eigenvalue weighted by Gasteiger charge is 2.05. The first-order valence-corrected chi connectivity index (χ1v) is 7.25. The minimum Gasteiger partial charge on any atom is -0.481 e. The molecule has 2 rings (SSSR count). The molecule has 1 amide bonds. The van der Waals surface area contributed by atoms with Crippen LogP contribution in [0.3, 0.4) is 0 Å². The minimum absolute atomic E-state index is 0.0620. The fourth-order valence-electron chi connectivity index (χ4n) is 1.89. The number of nitrogens with two attached hydrogens (primary N) is 1. The van der Waals surface area contributed by atoms with Crippen LogP contribution in [0.1, 0.15) is 15.3 Å². The summed E-state index contributed by atoms with van der Waals surface area (Å²) in [6.45, 7) is 0.638. The van der Waals surface area contributed by atoms with Crippen LogP contribution in [-0.4, -0.2) is 17.0 Å². The van der Waals surface area contributed by atoms with Crippen molar-refractivity contribution in [2.24, 2.45) is 5.73 Å². The summed E-state index contributed by atoms with van der Waals surface area (Å²) < 4.78 is 0. The number of nitrogens with one attached hydrogen (secondary N) is 1. The predicted octanol–water partition coefficient (Wildman–Crippen LogP) is 2.02. The first kappa shape index (κ1) is 15.1. The zero-order valence-corrected chi connectivity index (χ0v) is 12.2. The fourth-order valence-corrected chi connectivity index (χ4v) is 2.84. The Hall–Kier alpha value is -2.34. The molecule has 0 atom stereocenters. The van der Waals surface area contributed by atoms with Crippen molar-refractivity contribution >= 4 is 28.9 Å². The van der Waals surface area contributed by atoms with Gasteiger partial charge in [-0.2, -0.15) is 0 Å². The van der Waals surface area contributed by atoms with Gasteiger partial charge in [-0.15, -0.1) is 11.3 Å². The van der Waals surface area contributed by atoms with Crippen LogP contribution in [0.2, 0.25) is 0 Å². The number of rotatable bonds is 7. The molecule has 5 nitrogen and oxygen atoms in total. The first-order valence-electron chi connectivity index (χ1n) is 6.43. The van der Waals surface area contributed by atoms with Gasteiger partial charge in [0.05, 0.1) is 12.8 Å². The van der Waals surface area contributed by atoms with Crippen molar-refractivity contribution in [1.82, 2.24) is 0 Å². The third kappa shape index (κ3) is 4.92. The van der Waals surface area contributed by atoms with E-state index in [1.807, 2.05) is 36.4 Å². The molecule has 110 valence electrons. The van der Waals surface area contributed by atoms with Gasteiger partial charge in [0, 0.05) is 22.0 Å². The van der Waals surface area contributed by atoms with Crippen LogP contribution in [-0.2, 0) is 29.0 Å². The van der Waals surface area contributed by atoms with Gasteiger partial charge in [-0.25, -0.2) is 0 Å². The van der Waals surface area contributed by atoms with Gasteiger partial charge in [-0.1, -0.05) is 12.1 Å². The van der Waals surface area contributed by atoms with E-state index in [4.69, 9.17) is 10.8 Å². The van der Waals surface area contributed by atoms with Gasteiger partial charge < -0.3 is 16.2 Å². The molecule has 0 bridgehead atoms. The van der Waals surface area contributed by atoms with Gasteiger partial charge in [-0.3, -0.25) is 9.59 Å². The quantitative estimate of drug-likeness (QED) is 0.729.